The van der Waals surface area contributed by atoms with E-state index in [-0.39, 0.29) is 46.9 Å². The molecular weight excluding hydrogens is 469 g/mol. The molecule has 28 heavy (non-hydrogen) atoms. The molecule has 2 unspecified atom stereocenters. The number of rotatable bonds is 6. The molecule has 2 N–H and O–H groups in total. The number of aliphatic imine (C=N–C) groups is 1. The van der Waals surface area contributed by atoms with Crippen LogP contribution in [0.5, 0.6) is 0 Å². The Labute approximate surface area is 188 Å². The van der Waals surface area contributed by atoms with Crippen molar-refractivity contribution >= 4 is 35.8 Å². The minimum absolute atomic E-state index is 0. The lowest BCUT2D eigenvalue weighted by Gasteiger charge is -2.59. The highest BCUT2D eigenvalue weighted by molar-refractivity contribution is 14.0. The number of carbonyl (C=O) groups excluding carboxylic acids is 1. The van der Waals surface area contributed by atoms with Crippen molar-refractivity contribution in [3.05, 3.63) is 0 Å². The van der Waals surface area contributed by atoms with Gasteiger partial charge in [-0.25, -0.2) is 0 Å². The van der Waals surface area contributed by atoms with Gasteiger partial charge in [0.2, 0.25) is 5.91 Å². The number of piperazine rings is 1. The molecule has 0 radical (unpaired) electrons. The van der Waals surface area contributed by atoms with Crippen LogP contribution in [0, 0.1) is 5.41 Å². The number of hydrogen-bond donors (Lipinski definition) is 2. The molecule has 1 heterocycles. The third-order valence-corrected chi connectivity index (χ3v) is 6.38. The van der Waals surface area contributed by atoms with Crippen LogP contribution >= 0.6 is 24.0 Å². The van der Waals surface area contributed by atoms with Gasteiger partial charge in [-0.3, -0.25) is 14.7 Å². The zero-order valence-corrected chi connectivity index (χ0v) is 21.0. The summed E-state index contributed by atoms with van der Waals surface area (Å²) in [5.41, 5.74) is -0.0442. The van der Waals surface area contributed by atoms with E-state index >= 15 is 0 Å². The number of carbonyl (C=O) groups is 1. The molecule has 1 aliphatic heterocycles. The molecule has 8 heteroatoms. The number of nitrogens with zero attached hydrogens (tertiary/aromatic N) is 3. The molecule has 0 bridgehead atoms. The first-order valence-electron chi connectivity index (χ1n) is 10.3. The fourth-order valence-corrected chi connectivity index (χ4v) is 3.95. The molecule has 1 saturated carbocycles. The van der Waals surface area contributed by atoms with Crippen molar-refractivity contribution in [3.8, 4) is 0 Å². The summed E-state index contributed by atoms with van der Waals surface area (Å²) in [6.45, 7) is 17.5. The lowest BCUT2D eigenvalue weighted by atomic mass is 9.56. The zero-order chi connectivity index (χ0) is 20.2. The minimum Gasteiger partial charge on any atom is -0.378 e. The quantitative estimate of drug-likeness (QED) is 0.326. The van der Waals surface area contributed by atoms with E-state index < -0.39 is 0 Å². The van der Waals surface area contributed by atoms with E-state index in [2.05, 4.69) is 48.1 Å². The average Bonchev–Trinajstić information content (AvgIpc) is 2.60. The Morgan fingerprint density at radius 2 is 1.82 bits per heavy atom. The predicted molar refractivity (Wildman–Crippen MR) is 125 cm³/mol. The summed E-state index contributed by atoms with van der Waals surface area (Å²) in [6, 6.07) is 0.539. The third-order valence-electron chi connectivity index (χ3n) is 6.38. The smallest absolute Gasteiger partial charge is 0.234 e. The first-order valence-corrected chi connectivity index (χ1v) is 10.3. The zero-order valence-electron chi connectivity index (χ0n) is 18.7. The second kappa shape index (κ2) is 10.4. The molecule has 2 atom stereocenters. The van der Waals surface area contributed by atoms with Crippen LogP contribution in [0.1, 0.15) is 48.0 Å². The highest BCUT2D eigenvalue weighted by atomic mass is 127. The standard InChI is InChI=1S/C20H39N5O2.HI/c1-8-21-18(23-16-13-20(6,27-7)19(16,4)5)25-11-9-24(10-12-25)14-17(26)22-15(2)3;/h15-16H,8-14H2,1-7H3,(H,21,23)(H,22,26);1H. The van der Waals surface area contributed by atoms with Gasteiger partial charge in [-0.2, -0.15) is 0 Å². The van der Waals surface area contributed by atoms with Gasteiger partial charge in [0.25, 0.3) is 0 Å². The van der Waals surface area contributed by atoms with Gasteiger partial charge in [0.15, 0.2) is 5.96 Å². The Hall–Kier alpha value is -0.610. The Balaban J connectivity index is 0.00000392. The lowest BCUT2D eigenvalue weighted by Crippen LogP contribution is -2.70. The van der Waals surface area contributed by atoms with Crippen LogP contribution in [0.4, 0.5) is 0 Å². The van der Waals surface area contributed by atoms with Crippen molar-refractivity contribution in [1.82, 2.24) is 20.4 Å². The van der Waals surface area contributed by atoms with Crippen molar-refractivity contribution in [3.63, 3.8) is 0 Å². The summed E-state index contributed by atoms with van der Waals surface area (Å²) in [5.74, 6) is 1.09. The van der Waals surface area contributed by atoms with E-state index in [9.17, 15) is 4.79 Å². The van der Waals surface area contributed by atoms with Gasteiger partial charge < -0.3 is 20.3 Å². The first kappa shape index (κ1) is 25.4. The molecular formula is C20H40IN5O2. The fourth-order valence-electron chi connectivity index (χ4n) is 3.95. The van der Waals surface area contributed by atoms with Crippen LogP contribution < -0.4 is 10.6 Å². The van der Waals surface area contributed by atoms with Crippen molar-refractivity contribution in [2.24, 2.45) is 10.4 Å². The van der Waals surface area contributed by atoms with Crippen LogP contribution in [-0.2, 0) is 9.53 Å². The summed E-state index contributed by atoms with van der Waals surface area (Å²) < 4.78 is 5.75. The molecule has 7 nitrogen and oxygen atoms in total. The van der Waals surface area contributed by atoms with Gasteiger partial charge >= 0.3 is 0 Å². The van der Waals surface area contributed by atoms with Crippen molar-refractivity contribution in [1.29, 1.82) is 0 Å². The Morgan fingerprint density at radius 1 is 1.21 bits per heavy atom. The van der Waals surface area contributed by atoms with E-state index in [1.807, 2.05) is 13.8 Å². The highest BCUT2D eigenvalue weighted by Gasteiger charge is 2.58. The summed E-state index contributed by atoms with van der Waals surface area (Å²) >= 11 is 0. The van der Waals surface area contributed by atoms with Crippen LogP contribution in [0.15, 0.2) is 4.99 Å². The second-order valence-corrected chi connectivity index (χ2v) is 8.84. The molecule has 2 fully saturated rings. The molecule has 1 aliphatic carbocycles. The normalized spacial score (nSPS) is 27.8. The van der Waals surface area contributed by atoms with E-state index in [0.717, 1.165) is 45.1 Å². The summed E-state index contributed by atoms with van der Waals surface area (Å²) in [6.07, 6.45) is 0.981. The number of halogens is 1. The number of methoxy groups -OCH3 is 1. The van der Waals surface area contributed by atoms with Crippen LogP contribution in [-0.4, -0.2) is 85.7 Å². The Kier molecular flexibility index (Phi) is 9.47. The van der Waals surface area contributed by atoms with E-state index in [4.69, 9.17) is 9.73 Å². The number of nitrogens with one attached hydrogen (secondary N) is 2. The SMILES string of the molecule is CCN=C(NC1CC(C)(OC)C1(C)C)N1CCN(CC(=O)NC(C)C)CC1.I. The van der Waals surface area contributed by atoms with Crippen molar-refractivity contribution < 1.29 is 9.53 Å². The molecule has 164 valence electrons. The number of guanidine groups is 1. The van der Waals surface area contributed by atoms with Crippen molar-refractivity contribution in [2.75, 3.05) is 46.4 Å². The highest BCUT2D eigenvalue weighted by Crippen LogP contribution is 2.51. The minimum atomic E-state index is -0.0928. The molecule has 0 aromatic heterocycles. The molecule has 0 spiro atoms. The Morgan fingerprint density at radius 3 is 2.29 bits per heavy atom. The molecule has 0 aromatic carbocycles. The van der Waals surface area contributed by atoms with Crippen LogP contribution in [0.25, 0.3) is 0 Å². The number of amides is 1. The van der Waals surface area contributed by atoms with Gasteiger partial charge in [-0.05, 0) is 34.1 Å². The maximum atomic E-state index is 12.0. The van der Waals surface area contributed by atoms with Gasteiger partial charge in [0.05, 0.1) is 12.1 Å². The molecule has 1 saturated heterocycles. The summed E-state index contributed by atoms with van der Waals surface area (Å²) in [4.78, 5) is 21.2. The number of ether oxygens (including phenoxy) is 1. The van der Waals surface area contributed by atoms with E-state index in [1.165, 1.54) is 0 Å². The monoisotopic (exact) mass is 509 g/mol. The van der Waals surface area contributed by atoms with Crippen LogP contribution in [0.3, 0.4) is 0 Å². The number of hydrogen-bond acceptors (Lipinski definition) is 4. The van der Waals surface area contributed by atoms with Gasteiger partial charge in [0.1, 0.15) is 0 Å². The van der Waals surface area contributed by atoms with Gasteiger partial charge in [0, 0.05) is 57.3 Å². The maximum absolute atomic E-state index is 12.0. The average molecular weight is 509 g/mol. The van der Waals surface area contributed by atoms with E-state index in [0.29, 0.717) is 12.6 Å². The maximum Gasteiger partial charge on any atom is 0.234 e. The predicted octanol–water partition coefficient (Wildman–Crippen LogP) is 1.92. The molecule has 2 aliphatic rings. The van der Waals surface area contributed by atoms with Gasteiger partial charge in [-0.15, -0.1) is 24.0 Å². The molecule has 0 aromatic rings. The lowest BCUT2D eigenvalue weighted by molar-refractivity contribution is -0.177. The fraction of sp³-hybridized carbons (Fsp3) is 0.900. The largest absolute Gasteiger partial charge is 0.378 e. The van der Waals surface area contributed by atoms with Crippen molar-refractivity contribution in [2.45, 2.75) is 65.6 Å². The molecule has 1 amide bonds. The topological polar surface area (TPSA) is 69.2 Å². The van der Waals surface area contributed by atoms with Gasteiger partial charge in [-0.1, -0.05) is 13.8 Å². The molecule has 2 rings (SSSR count). The first-order chi connectivity index (χ1) is 12.6. The Bertz CT molecular complexity index is 547. The van der Waals surface area contributed by atoms with Crippen LogP contribution in [0.2, 0.25) is 0 Å². The van der Waals surface area contributed by atoms with E-state index in [1.54, 1.807) is 7.11 Å². The summed E-state index contributed by atoms with van der Waals surface area (Å²) in [7, 11) is 1.80. The second-order valence-electron chi connectivity index (χ2n) is 8.84. The third kappa shape index (κ3) is 5.72. The summed E-state index contributed by atoms with van der Waals surface area (Å²) in [5, 5.41) is 6.65.